The van der Waals surface area contributed by atoms with Crippen LogP contribution in [-0.2, 0) is 0 Å². The second-order valence-corrected chi connectivity index (χ2v) is 13.1. The molecule has 6 aromatic carbocycles. The van der Waals surface area contributed by atoms with Crippen molar-refractivity contribution in [1.82, 2.24) is 19.5 Å². The Hall–Kier alpha value is -6.79. The zero-order chi connectivity index (χ0) is 33.5. The molecule has 240 valence electrons. The molecule has 51 heavy (non-hydrogen) atoms. The Labute approximate surface area is 291 Å². The second kappa shape index (κ2) is 10.9. The Bertz CT molecular complexity index is 3050. The fourth-order valence-corrected chi connectivity index (χ4v) is 7.73. The molecule has 0 bridgehead atoms. The summed E-state index contributed by atoms with van der Waals surface area (Å²) in [6.45, 7) is 0. The number of benzene rings is 6. The second-order valence-electron chi connectivity index (χ2n) is 13.1. The standard InChI is InChI=1S/C45H28N4O2/c1-2-11-27(12-3-1)43-46-44(48-45(47-43)36-17-10-16-35-32-15-6-9-20-39(32)51-42(35)36)28-21-23-33-34-24-22-29(26-41(34)50-40(33)25-28)49-37-18-7-4-13-30(37)31-14-5-8-19-38(31)49/h1-2,4-11,13-26H,3,12H2. The molecule has 0 N–H and O–H groups in total. The van der Waals surface area contributed by atoms with Crippen LogP contribution in [-0.4, -0.2) is 19.5 Å². The van der Waals surface area contributed by atoms with Crippen LogP contribution in [0.2, 0.25) is 0 Å². The maximum atomic E-state index is 6.61. The van der Waals surface area contributed by atoms with E-state index in [1.807, 2.05) is 30.3 Å². The number of furan rings is 2. The molecular weight excluding hydrogens is 629 g/mol. The van der Waals surface area contributed by atoms with E-state index in [0.29, 0.717) is 17.5 Å². The lowest BCUT2D eigenvalue weighted by Crippen LogP contribution is -2.03. The minimum atomic E-state index is 0.579. The summed E-state index contributed by atoms with van der Waals surface area (Å²) in [5, 5.41) is 6.68. The third-order valence-corrected chi connectivity index (χ3v) is 10.1. The zero-order valence-electron chi connectivity index (χ0n) is 27.4. The zero-order valence-corrected chi connectivity index (χ0v) is 27.4. The van der Waals surface area contributed by atoms with Gasteiger partial charge in [-0.1, -0.05) is 91.0 Å². The summed E-state index contributed by atoms with van der Waals surface area (Å²) < 4.78 is 15.3. The van der Waals surface area contributed by atoms with Crippen molar-refractivity contribution in [3.8, 4) is 28.5 Å². The van der Waals surface area contributed by atoms with Crippen LogP contribution >= 0.6 is 0 Å². The van der Waals surface area contributed by atoms with Crippen LogP contribution in [0.3, 0.4) is 0 Å². The molecule has 0 spiro atoms. The van der Waals surface area contributed by atoms with Gasteiger partial charge in [0.05, 0.1) is 16.6 Å². The molecule has 11 rings (SSSR count). The molecular formula is C45H28N4O2. The predicted molar refractivity (Wildman–Crippen MR) is 206 cm³/mol. The number of aromatic nitrogens is 4. The van der Waals surface area contributed by atoms with Gasteiger partial charge in [0.2, 0.25) is 0 Å². The number of para-hydroxylation sites is 4. The van der Waals surface area contributed by atoms with Crippen molar-refractivity contribution >= 4 is 71.3 Å². The van der Waals surface area contributed by atoms with Gasteiger partial charge < -0.3 is 13.4 Å². The third kappa shape index (κ3) is 4.33. The van der Waals surface area contributed by atoms with Crippen molar-refractivity contribution in [2.75, 3.05) is 0 Å². The van der Waals surface area contributed by atoms with Gasteiger partial charge in [0, 0.05) is 49.6 Å². The van der Waals surface area contributed by atoms with Gasteiger partial charge in [-0.05, 0) is 66.9 Å². The van der Waals surface area contributed by atoms with Gasteiger partial charge >= 0.3 is 0 Å². The molecule has 6 heteroatoms. The number of nitrogens with zero attached hydrogens (tertiary/aromatic N) is 4. The van der Waals surface area contributed by atoms with Crippen molar-refractivity contribution in [3.05, 3.63) is 151 Å². The van der Waals surface area contributed by atoms with Crippen molar-refractivity contribution in [1.29, 1.82) is 0 Å². The molecule has 0 unspecified atom stereocenters. The number of hydrogen-bond donors (Lipinski definition) is 0. The topological polar surface area (TPSA) is 69.9 Å². The lowest BCUT2D eigenvalue weighted by molar-refractivity contribution is 0.668. The summed E-state index contributed by atoms with van der Waals surface area (Å²) in [7, 11) is 0. The highest BCUT2D eigenvalue weighted by Crippen LogP contribution is 2.38. The highest BCUT2D eigenvalue weighted by molar-refractivity contribution is 6.11. The van der Waals surface area contributed by atoms with Crippen LogP contribution in [0.4, 0.5) is 0 Å². The first-order chi connectivity index (χ1) is 25.3. The van der Waals surface area contributed by atoms with Crippen molar-refractivity contribution in [3.63, 3.8) is 0 Å². The molecule has 1 aliphatic carbocycles. The molecule has 1 aliphatic rings. The monoisotopic (exact) mass is 656 g/mol. The van der Waals surface area contributed by atoms with Crippen molar-refractivity contribution in [2.24, 2.45) is 0 Å². The molecule has 0 saturated heterocycles. The Morgan fingerprint density at radius 2 is 1.18 bits per heavy atom. The number of fused-ring (bicyclic) bond motifs is 9. The third-order valence-electron chi connectivity index (χ3n) is 10.1. The van der Waals surface area contributed by atoms with E-state index >= 15 is 0 Å². The van der Waals surface area contributed by atoms with E-state index in [0.717, 1.165) is 79.1 Å². The molecule has 0 fully saturated rings. The molecule has 6 nitrogen and oxygen atoms in total. The van der Waals surface area contributed by atoms with Crippen LogP contribution in [0.5, 0.6) is 0 Å². The molecule has 4 aromatic heterocycles. The average molecular weight is 657 g/mol. The Morgan fingerprint density at radius 3 is 1.98 bits per heavy atom. The Kier molecular flexibility index (Phi) is 5.98. The molecule has 10 aromatic rings. The molecule has 0 radical (unpaired) electrons. The molecule has 4 heterocycles. The number of hydrogen-bond acceptors (Lipinski definition) is 5. The molecule has 0 amide bonds. The molecule has 0 atom stereocenters. The van der Waals surface area contributed by atoms with E-state index in [-0.39, 0.29) is 0 Å². The summed E-state index contributed by atoms with van der Waals surface area (Å²) in [6.07, 6.45) is 8.17. The fourth-order valence-electron chi connectivity index (χ4n) is 7.73. The van der Waals surface area contributed by atoms with E-state index in [4.69, 9.17) is 23.8 Å². The van der Waals surface area contributed by atoms with Gasteiger partial charge in [-0.15, -0.1) is 0 Å². The van der Waals surface area contributed by atoms with E-state index in [9.17, 15) is 0 Å². The number of rotatable bonds is 4. The Morgan fingerprint density at radius 1 is 0.510 bits per heavy atom. The van der Waals surface area contributed by atoms with Crippen LogP contribution in [0.25, 0.3) is 99.7 Å². The van der Waals surface area contributed by atoms with Gasteiger partial charge in [-0.3, -0.25) is 0 Å². The van der Waals surface area contributed by atoms with Crippen molar-refractivity contribution in [2.45, 2.75) is 12.8 Å². The largest absolute Gasteiger partial charge is 0.456 e. The van der Waals surface area contributed by atoms with Crippen LogP contribution < -0.4 is 0 Å². The Balaban J connectivity index is 1.07. The van der Waals surface area contributed by atoms with Gasteiger partial charge in [0.15, 0.2) is 17.5 Å². The van der Waals surface area contributed by atoms with Crippen LogP contribution in [0, 0.1) is 0 Å². The van der Waals surface area contributed by atoms with Crippen LogP contribution in [0.1, 0.15) is 18.7 Å². The minimum Gasteiger partial charge on any atom is -0.456 e. The number of allylic oxidation sites excluding steroid dienone is 4. The average Bonchev–Trinajstić information content (AvgIpc) is 3.87. The van der Waals surface area contributed by atoms with E-state index < -0.39 is 0 Å². The van der Waals surface area contributed by atoms with Crippen LogP contribution in [0.15, 0.2) is 154 Å². The molecule has 0 aliphatic heterocycles. The summed E-state index contributed by atoms with van der Waals surface area (Å²) in [4.78, 5) is 15.2. The quantitative estimate of drug-likeness (QED) is 0.189. The first kappa shape index (κ1) is 28.1. The van der Waals surface area contributed by atoms with Gasteiger partial charge in [-0.2, -0.15) is 0 Å². The fraction of sp³-hybridized carbons (Fsp3) is 0.0444. The maximum absolute atomic E-state index is 6.61. The lowest BCUT2D eigenvalue weighted by Gasteiger charge is -2.11. The highest BCUT2D eigenvalue weighted by Gasteiger charge is 2.20. The van der Waals surface area contributed by atoms with E-state index in [1.165, 1.54) is 21.8 Å². The lowest BCUT2D eigenvalue weighted by atomic mass is 10.0. The normalized spacial score (nSPS) is 13.4. The minimum absolute atomic E-state index is 0.579. The SMILES string of the molecule is C1=CCCC(c2nc(-c3ccc4c(c3)oc3cc(-n5c6ccccc6c6ccccc65)ccc34)nc(-c3cccc4c3oc3ccccc34)n2)=C1. The molecule has 0 saturated carbocycles. The summed E-state index contributed by atoms with van der Waals surface area (Å²) in [6, 6.07) is 44.1. The summed E-state index contributed by atoms with van der Waals surface area (Å²) >= 11 is 0. The summed E-state index contributed by atoms with van der Waals surface area (Å²) in [5.74, 6) is 1.84. The smallest absolute Gasteiger partial charge is 0.167 e. The van der Waals surface area contributed by atoms with Gasteiger partial charge in [0.25, 0.3) is 0 Å². The van der Waals surface area contributed by atoms with Gasteiger partial charge in [0.1, 0.15) is 22.3 Å². The maximum Gasteiger partial charge on any atom is 0.167 e. The highest BCUT2D eigenvalue weighted by atomic mass is 16.3. The van der Waals surface area contributed by atoms with Gasteiger partial charge in [-0.25, -0.2) is 15.0 Å². The first-order valence-corrected chi connectivity index (χ1v) is 17.2. The first-order valence-electron chi connectivity index (χ1n) is 17.2. The van der Waals surface area contributed by atoms with Crippen molar-refractivity contribution < 1.29 is 8.83 Å². The predicted octanol–water partition coefficient (Wildman–Crippen LogP) is 11.8. The summed E-state index contributed by atoms with van der Waals surface area (Å²) in [5.41, 5.74) is 9.39. The van der Waals surface area contributed by atoms with E-state index in [2.05, 4.69) is 120 Å². The van der Waals surface area contributed by atoms with E-state index in [1.54, 1.807) is 0 Å².